The van der Waals surface area contributed by atoms with Crippen molar-refractivity contribution in [2.24, 2.45) is 11.8 Å². The Balaban J connectivity index is 5.20. The second kappa shape index (κ2) is 71.7. The number of carbonyl (C=O) groups excluding carboxylic acids is 4. The number of hydrogen-bond donors (Lipinski definition) is 3. The van der Waals surface area contributed by atoms with Crippen LogP contribution in [0.25, 0.3) is 0 Å². The van der Waals surface area contributed by atoms with E-state index in [4.69, 9.17) is 37.0 Å². The van der Waals surface area contributed by atoms with E-state index in [1.165, 1.54) is 231 Å². The number of hydrogen-bond acceptors (Lipinski definition) is 15. The van der Waals surface area contributed by atoms with Crippen LogP contribution in [0.1, 0.15) is 420 Å². The molecule has 0 heterocycles. The van der Waals surface area contributed by atoms with Gasteiger partial charge in [-0.1, -0.05) is 369 Å². The van der Waals surface area contributed by atoms with Gasteiger partial charge in [-0.25, -0.2) is 9.13 Å². The van der Waals surface area contributed by atoms with Crippen LogP contribution >= 0.6 is 15.6 Å². The van der Waals surface area contributed by atoms with Crippen LogP contribution < -0.4 is 0 Å². The van der Waals surface area contributed by atoms with E-state index < -0.39 is 97.5 Å². The average molecular weight is 1450 g/mol. The van der Waals surface area contributed by atoms with Gasteiger partial charge in [0.15, 0.2) is 12.2 Å². The van der Waals surface area contributed by atoms with Crippen LogP contribution in [-0.2, 0) is 65.4 Å². The van der Waals surface area contributed by atoms with E-state index in [0.717, 1.165) is 108 Å². The third-order valence-electron chi connectivity index (χ3n) is 19.4. The number of phosphoric acid groups is 2. The summed E-state index contributed by atoms with van der Waals surface area (Å²) in [5.41, 5.74) is 0. The maximum atomic E-state index is 13.1. The summed E-state index contributed by atoms with van der Waals surface area (Å²) in [6.07, 6.45) is 61.1. The first-order valence-electron chi connectivity index (χ1n) is 41.6. The largest absolute Gasteiger partial charge is 0.472 e. The first-order chi connectivity index (χ1) is 47.9. The number of rotatable bonds is 79. The van der Waals surface area contributed by atoms with Crippen molar-refractivity contribution >= 4 is 39.5 Å². The minimum atomic E-state index is -4.96. The van der Waals surface area contributed by atoms with Crippen molar-refractivity contribution < 1.29 is 80.2 Å². The number of aliphatic hydroxyl groups excluding tert-OH is 1. The summed E-state index contributed by atoms with van der Waals surface area (Å²) in [7, 11) is -9.91. The standard InChI is InChI=1S/C80H156O17P2/c1-7-11-13-15-17-19-21-22-23-29-32-36-39-43-50-56-62-77(82)90-68-75(96-80(85)65-59-53-45-41-37-33-30-27-25-24-26-28-31-35-38-42-48-54-60-72(5)9-3)70-94-98(86,87)92-66-74(81)67-93-99(88,89)95-71-76(69-91-78(83)63-57-51-47-46-49-55-61-73(6)10-4)97-79(84)64-58-52-44-40-34-20-18-16-14-12-8-2/h72-76,81H,7-71H2,1-6H3,(H,86,87)(H,88,89)/t72?,73?,74-,75-,76-/m1/s1. The Morgan fingerprint density at radius 3 is 0.717 bits per heavy atom. The molecule has 588 valence electrons. The third-order valence-corrected chi connectivity index (χ3v) is 21.3. The lowest BCUT2D eigenvalue weighted by atomic mass is 9.99. The van der Waals surface area contributed by atoms with Gasteiger partial charge >= 0.3 is 39.5 Å². The van der Waals surface area contributed by atoms with Crippen LogP contribution in [0.3, 0.4) is 0 Å². The van der Waals surface area contributed by atoms with Gasteiger partial charge < -0.3 is 33.8 Å². The predicted molar refractivity (Wildman–Crippen MR) is 405 cm³/mol. The van der Waals surface area contributed by atoms with Crippen LogP contribution in [-0.4, -0.2) is 96.7 Å². The Kier molecular flexibility index (Phi) is 70.3. The van der Waals surface area contributed by atoms with E-state index in [-0.39, 0.29) is 25.7 Å². The molecule has 3 N–H and O–H groups in total. The second-order valence-corrected chi connectivity index (χ2v) is 32.2. The van der Waals surface area contributed by atoms with Crippen molar-refractivity contribution in [2.75, 3.05) is 39.6 Å². The summed E-state index contributed by atoms with van der Waals surface area (Å²) < 4.78 is 68.6. The molecule has 0 bridgehead atoms. The molecule has 99 heavy (non-hydrogen) atoms. The number of ether oxygens (including phenoxy) is 4. The van der Waals surface area contributed by atoms with E-state index in [1.54, 1.807) is 0 Å². The molecule has 0 aliphatic heterocycles. The Bertz CT molecular complexity index is 1910. The fourth-order valence-electron chi connectivity index (χ4n) is 12.3. The summed E-state index contributed by atoms with van der Waals surface area (Å²) in [5, 5.41) is 10.6. The van der Waals surface area contributed by atoms with Crippen LogP contribution in [0.4, 0.5) is 0 Å². The fourth-order valence-corrected chi connectivity index (χ4v) is 13.9. The topological polar surface area (TPSA) is 237 Å². The van der Waals surface area contributed by atoms with Crippen molar-refractivity contribution in [3.63, 3.8) is 0 Å². The Labute approximate surface area is 607 Å². The van der Waals surface area contributed by atoms with Gasteiger partial charge in [-0.2, -0.15) is 0 Å². The Hall–Kier alpha value is -1.94. The molecule has 0 radical (unpaired) electrons. The minimum Gasteiger partial charge on any atom is -0.462 e. The van der Waals surface area contributed by atoms with E-state index in [1.807, 2.05) is 0 Å². The van der Waals surface area contributed by atoms with Crippen molar-refractivity contribution in [3.05, 3.63) is 0 Å². The molecule has 0 aromatic carbocycles. The van der Waals surface area contributed by atoms with E-state index in [2.05, 4.69) is 41.5 Å². The molecule has 0 fully saturated rings. The summed E-state index contributed by atoms with van der Waals surface area (Å²) in [6.45, 7) is 9.65. The van der Waals surface area contributed by atoms with Crippen LogP contribution in [0.2, 0.25) is 0 Å². The molecule has 4 unspecified atom stereocenters. The van der Waals surface area contributed by atoms with Crippen LogP contribution in [0, 0.1) is 11.8 Å². The first-order valence-corrected chi connectivity index (χ1v) is 44.6. The van der Waals surface area contributed by atoms with Gasteiger partial charge in [0.1, 0.15) is 19.3 Å². The SMILES string of the molecule is CCCCCCCCCCCCCCCCCCC(=O)OC[C@H](COP(=O)(O)OC[C@@H](O)COP(=O)(O)OC[C@@H](COC(=O)CCCCCCCCC(C)CC)OC(=O)CCCCCCCCCCCCC)OC(=O)CCCCCCCCCCCCCCCCCCCCC(C)CC. The van der Waals surface area contributed by atoms with Crippen molar-refractivity contribution in [3.8, 4) is 0 Å². The molecule has 19 heteroatoms. The maximum absolute atomic E-state index is 13.1. The van der Waals surface area contributed by atoms with Gasteiger partial charge in [-0.05, 0) is 37.5 Å². The van der Waals surface area contributed by atoms with Crippen LogP contribution in [0.5, 0.6) is 0 Å². The predicted octanol–water partition coefficient (Wildman–Crippen LogP) is 23.9. The molecule has 7 atom stereocenters. The van der Waals surface area contributed by atoms with Gasteiger partial charge in [0.2, 0.25) is 0 Å². The number of phosphoric ester groups is 2. The molecule has 0 amide bonds. The summed E-state index contributed by atoms with van der Waals surface area (Å²) in [4.78, 5) is 72.9. The molecule has 0 saturated heterocycles. The molecule has 0 saturated carbocycles. The smallest absolute Gasteiger partial charge is 0.462 e. The highest BCUT2D eigenvalue weighted by atomic mass is 31.2. The second-order valence-electron chi connectivity index (χ2n) is 29.3. The highest BCUT2D eigenvalue weighted by Gasteiger charge is 2.30. The summed E-state index contributed by atoms with van der Waals surface area (Å²) in [5.74, 6) is -0.509. The molecule has 0 aliphatic carbocycles. The molecule has 0 aromatic heterocycles. The first kappa shape index (κ1) is 97.1. The Morgan fingerprint density at radius 1 is 0.283 bits per heavy atom. The zero-order valence-corrected chi connectivity index (χ0v) is 66.6. The minimum absolute atomic E-state index is 0.106. The fraction of sp³-hybridized carbons (Fsp3) is 0.950. The van der Waals surface area contributed by atoms with E-state index >= 15 is 0 Å². The molecule has 0 aliphatic rings. The molecular weight excluding hydrogens is 1290 g/mol. The van der Waals surface area contributed by atoms with Crippen LogP contribution in [0.15, 0.2) is 0 Å². The monoisotopic (exact) mass is 1450 g/mol. The lowest BCUT2D eigenvalue weighted by Crippen LogP contribution is -2.30. The number of carbonyl (C=O) groups is 4. The number of esters is 4. The third kappa shape index (κ3) is 71.5. The van der Waals surface area contributed by atoms with Crippen molar-refractivity contribution in [1.29, 1.82) is 0 Å². The normalized spacial score (nSPS) is 14.5. The number of aliphatic hydroxyl groups is 1. The molecule has 0 rings (SSSR count). The highest BCUT2D eigenvalue weighted by Crippen LogP contribution is 2.45. The van der Waals surface area contributed by atoms with Crippen molar-refractivity contribution in [2.45, 2.75) is 439 Å². The maximum Gasteiger partial charge on any atom is 0.472 e. The van der Waals surface area contributed by atoms with E-state index in [0.29, 0.717) is 25.7 Å². The van der Waals surface area contributed by atoms with Gasteiger partial charge in [0.25, 0.3) is 0 Å². The highest BCUT2D eigenvalue weighted by molar-refractivity contribution is 7.47. The molecular formula is C80H156O17P2. The molecule has 0 spiro atoms. The van der Waals surface area contributed by atoms with Gasteiger partial charge in [0, 0.05) is 25.7 Å². The van der Waals surface area contributed by atoms with Gasteiger partial charge in [-0.15, -0.1) is 0 Å². The summed E-state index contributed by atoms with van der Waals surface area (Å²) >= 11 is 0. The Morgan fingerprint density at radius 2 is 0.485 bits per heavy atom. The lowest BCUT2D eigenvalue weighted by Gasteiger charge is -2.21. The molecule has 17 nitrogen and oxygen atoms in total. The van der Waals surface area contributed by atoms with E-state index in [9.17, 15) is 43.2 Å². The van der Waals surface area contributed by atoms with Gasteiger partial charge in [0.05, 0.1) is 26.4 Å². The zero-order valence-electron chi connectivity index (χ0n) is 64.8. The quantitative estimate of drug-likeness (QED) is 0.0222. The molecule has 0 aromatic rings. The number of unbranched alkanes of at least 4 members (excludes halogenated alkanes) is 47. The lowest BCUT2D eigenvalue weighted by molar-refractivity contribution is -0.161. The zero-order chi connectivity index (χ0) is 72.8. The average Bonchev–Trinajstić information content (AvgIpc) is 0.984. The van der Waals surface area contributed by atoms with Gasteiger partial charge in [-0.3, -0.25) is 37.3 Å². The van der Waals surface area contributed by atoms with Crippen molar-refractivity contribution in [1.82, 2.24) is 0 Å². The summed E-state index contributed by atoms with van der Waals surface area (Å²) in [6, 6.07) is 0.